The van der Waals surface area contributed by atoms with Crippen molar-refractivity contribution < 1.29 is 9.47 Å². The van der Waals surface area contributed by atoms with Gasteiger partial charge in [-0.05, 0) is 12.1 Å². The Kier molecular flexibility index (Phi) is 3.69. The second-order valence-corrected chi connectivity index (χ2v) is 3.77. The van der Waals surface area contributed by atoms with Crippen LogP contribution >= 0.6 is 11.6 Å². The number of benzene rings is 1. The fourth-order valence-corrected chi connectivity index (χ4v) is 1.63. The maximum absolute atomic E-state index is 5.75. The Hall–Kier alpha value is -0.930. The number of hydrogen-bond acceptors (Lipinski definition) is 3. The molecule has 0 radical (unpaired) electrons. The zero-order valence-corrected chi connectivity index (χ0v) is 9.17. The topological polar surface area (TPSA) is 30.5 Å². The minimum absolute atomic E-state index is 0.0723. The Balaban J connectivity index is 1.88. The summed E-state index contributed by atoms with van der Waals surface area (Å²) in [6.45, 7) is 2.15. The van der Waals surface area contributed by atoms with Gasteiger partial charge in [-0.1, -0.05) is 12.1 Å². The Morgan fingerprint density at radius 1 is 1.33 bits per heavy atom. The molecular weight excluding hydrogens is 214 g/mol. The van der Waals surface area contributed by atoms with Gasteiger partial charge < -0.3 is 14.8 Å². The van der Waals surface area contributed by atoms with Gasteiger partial charge in [-0.25, -0.2) is 0 Å². The number of para-hydroxylation sites is 2. The SMILES string of the molecule is ClCCNCC1COc2ccccc2O1. The molecule has 0 saturated heterocycles. The molecule has 1 aromatic rings. The standard InChI is InChI=1S/C11H14ClNO2/c12-5-6-13-7-9-8-14-10-3-1-2-4-11(10)15-9/h1-4,9,13H,5-8H2. The molecule has 0 aliphatic carbocycles. The lowest BCUT2D eigenvalue weighted by Gasteiger charge is -2.26. The van der Waals surface area contributed by atoms with Crippen LogP contribution in [0.3, 0.4) is 0 Å². The summed E-state index contributed by atoms with van der Waals surface area (Å²) in [6.07, 6.45) is 0.0723. The maximum atomic E-state index is 5.75. The highest BCUT2D eigenvalue weighted by Gasteiger charge is 2.19. The summed E-state index contributed by atoms with van der Waals surface area (Å²) < 4.78 is 11.3. The molecule has 0 bridgehead atoms. The molecule has 1 atom stereocenters. The van der Waals surface area contributed by atoms with Gasteiger partial charge in [0, 0.05) is 19.0 Å². The minimum Gasteiger partial charge on any atom is -0.486 e. The normalized spacial score (nSPS) is 18.9. The summed E-state index contributed by atoms with van der Waals surface area (Å²) in [5, 5.41) is 3.20. The number of hydrogen-bond donors (Lipinski definition) is 1. The Bertz CT molecular complexity index is 319. The van der Waals surface area contributed by atoms with Crippen LogP contribution in [0.4, 0.5) is 0 Å². The summed E-state index contributed by atoms with van der Waals surface area (Å²) in [4.78, 5) is 0. The molecule has 4 heteroatoms. The average molecular weight is 228 g/mol. The largest absolute Gasteiger partial charge is 0.486 e. The van der Waals surface area contributed by atoms with Gasteiger partial charge in [0.1, 0.15) is 12.7 Å². The Morgan fingerprint density at radius 3 is 2.93 bits per heavy atom. The van der Waals surface area contributed by atoms with Crippen molar-refractivity contribution in [1.82, 2.24) is 5.32 Å². The van der Waals surface area contributed by atoms with Gasteiger partial charge in [0.05, 0.1) is 0 Å². The monoisotopic (exact) mass is 227 g/mol. The van der Waals surface area contributed by atoms with E-state index in [4.69, 9.17) is 21.1 Å². The lowest BCUT2D eigenvalue weighted by Crippen LogP contribution is -2.39. The second-order valence-electron chi connectivity index (χ2n) is 3.39. The molecular formula is C11H14ClNO2. The summed E-state index contributed by atoms with van der Waals surface area (Å²) in [5.74, 6) is 2.26. The van der Waals surface area contributed by atoms with E-state index in [0.29, 0.717) is 12.5 Å². The van der Waals surface area contributed by atoms with Crippen LogP contribution in [0.15, 0.2) is 24.3 Å². The summed E-state index contributed by atoms with van der Waals surface area (Å²) >= 11 is 5.57. The van der Waals surface area contributed by atoms with Gasteiger partial charge in [-0.2, -0.15) is 0 Å². The van der Waals surface area contributed by atoms with Crippen molar-refractivity contribution in [1.29, 1.82) is 0 Å². The smallest absolute Gasteiger partial charge is 0.161 e. The van der Waals surface area contributed by atoms with Crippen molar-refractivity contribution in [2.24, 2.45) is 0 Å². The van der Waals surface area contributed by atoms with E-state index in [1.54, 1.807) is 0 Å². The third-order valence-electron chi connectivity index (χ3n) is 2.21. The molecule has 2 rings (SSSR count). The molecule has 0 spiro atoms. The van der Waals surface area contributed by atoms with Crippen LogP contribution in [0, 0.1) is 0 Å². The molecule has 0 fully saturated rings. The van der Waals surface area contributed by atoms with Crippen LogP contribution in [0.5, 0.6) is 11.5 Å². The fraction of sp³-hybridized carbons (Fsp3) is 0.455. The molecule has 0 aromatic heterocycles. The number of alkyl halides is 1. The first-order valence-electron chi connectivity index (χ1n) is 5.05. The van der Waals surface area contributed by atoms with Crippen molar-refractivity contribution in [3.8, 4) is 11.5 Å². The van der Waals surface area contributed by atoms with E-state index < -0.39 is 0 Å². The second kappa shape index (κ2) is 5.24. The van der Waals surface area contributed by atoms with Gasteiger partial charge in [-0.15, -0.1) is 11.6 Å². The zero-order chi connectivity index (χ0) is 10.5. The molecule has 1 unspecified atom stereocenters. The van der Waals surface area contributed by atoms with Crippen LogP contribution < -0.4 is 14.8 Å². The zero-order valence-electron chi connectivity index (χ0n) is 8.41. The predicted octanol–water partition coefficient (Wildman–Crippen LogP) is 1.65. The van der Waals surface area contributed by atoms with Gasteiger partial charge in [0.2, 0.25) is 0 Å². The van der Waals surface area contributed by atoms with Crippen LogP contribution in [0.25, 0.3) is 0 Å². The first-order valence-corrected chi connectivity index (χ1v) is 5.59. The quantitative estimate of drug-likeness (QED) is 0.627. The van der Waals surface area contributed by atoms with Crippen LogP contribution in [0.1, 0.15) is 0 Å². The lowest BCUT2D eigenvalue weighted by molar-refractivity contribution is 0.0909. The summed E-state index contributed by atoms with van der Waals surface area (Å²) in [6, 6.07) is 7.71. The van der Waals surface area contributed by atoms with Crippen molar-refractivity contribution in [2.75, 3.05) is 25.6 Å². The van der Waals surface area contributed by atoms with Crippen LogP contribution in [0.2, 0.25) is 0 Å². The molecule has 1 aliphatic rings. The van der Waals surface area contributed by atoms with Gasteiger partial charge >= 0.3 is 0 Å². The summed E-state index contributed by atoms with van der Waals surface area (Å²) in [5.41, 5.74) is 0. The van der Waals surface area contributed by atoms with Crippen molar-refractivity contribution in [3.63, 3.8) is 0 Å². The van der Waals surface area contributed by atoms with Gasteiger partial charge in [0.15, 0.2) is 11.5 Å². The predicted molar refractivity (Wildman–Crippen MR) is 59.9 cm³/mol. The molecule has 3 nitrogen and oxygen atoms in total. The third-order valence-corrected chi connectivity index (χ3v) is 2.40. The molecule has 1 heterocycles. The van der Waals surface area contributed by atoms with E-state index in [0.717, 1.165) is 24.6 Å². The van der Waals surface area contributed by atoms with E-state index in [1.807, 2.05) is 24.3 Å². The Labute approximate surface area is 94.3 Å². The van der Waals surface area contributed by atoms with Gasteiger partial charge in [0.25, 0.3) is 0 Å². The molecule has 1 aliphatic heterocycles. The molecule has 1 N–H and O–H groups in total. The van der Waals surface area contributed by atoms with Crippen LogP contribution in [-0.2, 0) is 0 Å². The highest BCUT2D eigenvalue weighted by atomic mass is 35.5. The molecule has 15 heavy (non-hydrogen) atoms. The molecule has 82 valence electrons. The summed E-state index contributed by atoms with van der Waals surface area (Å²) in [7, 11) is 0. The van der Waals surface area contributed by atoms with E-state index in [-0.39, 0.29) is 6.10 Å². The number of fused-ring (bicyclic) bond motifs is 1. The molecule has 0 saturated carbocycles. The maximum Gasteiger partial charge on any atom is 0.161 e. The van der Waals surface area contributed by atoms with E-state index in [1.165, 1.54) is 0 Å². The lowest BCUT2D eigenvalue weighted by atomic mass is 10.2. The number of rotatable bonds is 4. The molecule has 0 amide bonds. The third kappa shape index (κ3) is 2.76. The van der Waals surface area contributed by atoms with E-state index in [9.17, 15) is 0 Å². The van der Waals surface area contributed by atoms with E-state index >= 15 is 0 Å². The highest BCUT2D eigenvalue weighted by Crippen LogP contribution is 2.30. The first kappa shape index (κ1) is 10.6. The van der Waals surface area contributed by atoms with Crippen molar-refractivity contribution in [2.45, 2.75) is 6.10 Å². The first-order chi connectivity index (χ1) is 7.40. The average Bonchev–Trinajstić information content (AvgIpc) is 2.29. The highest BCUT2D eigenvalue weighted by molar-refractivity contribution is 6.18. The minimum atomic E-state index is 0.0723. The number of halogens is 1. The Morgan fingerprint density at radius 2 is 2.13 bits per heavy atom. The van der Waals surface area contributed by atoms with Gasteiger partial charge in [-0.3, -0.25) is 0 Å². The van der Waals surface area contributed by atoms with Crippen LogP contribution in [-0.4, -0.2) is 31.7 Å². The molecule has 1 aromatic carbocycles. The number of ether oxygens (including phenoxy) is 2. The number of nitrogens with one attached hydrogen (secondary N) is 1. The van der Waals surface area contributed by atoms with Crippen molar-refractivity contribution >= 4 is 11.6 Å². The van der Waals surface area contributed by atoms with E-state index in [2.05, 4.69) is 5.32 Å². The van der Waals surface area contributed by atoms with Crippen molar-refractivity contribution in [3.05, 3.63) is 24.3 Å². The fourth-order valence-electron chi connectivity index (χ4n) is 1.49.